The van der Waals surface area contributed by atoms with Gasteiger partial charge < -0.3 is 9.84 Å². The van der Waals surface area contributed by atoms with E-state index in [0.29, 0.717) is 10.8 Å². The third-order valence-corrected chi connectivity index (χ3v) is 3.80. The summed E-state index contributed by atoms with van der Waals surface area (Å²) in [6.07, 6.45) is 0.795. The lowest BCUT2D eigenvalue weighted by atomic mass is 10.3. The minimum Gasteiger partial charge on any atom is -0.491 e. The fourth-order valence-corrected chi connectivity index (χ4v) is 2.52. The Morgan fingerprint density at radius 1 is 1.16 bits per heavy atom. The fourth-order valence-electron chi connectivity index (χ4n) is 1.50. The molecule has 2 atom stereocenters. The van der Waals surface area contributed by atoms with Gasteiger partial charge in [0.15, 0.2) is 0 Å². The third kappa shape index (κ3) is 4.46. The second-order valence-electron chi connectivity index (χ2n) is 3.96. The largest absolute Gasteiger partial charge is 0.491 e. The smallest absolute Gasteiger partial charge is 0.127 e. The number of nitrogens with zero attached hydrogens (tertiary/aromatic N) is 1. The molecule has 0 aliphatic heterocycles. The Balaban J connectivity index is 1.81. The summed E-state index contributed by atoms with van der Waals surface area (Å²) >= 11 is 0. The number of ether oxygens (including phenoxy) is 1. The first-order chi connectivity index (χ1) is 9.25. The summed E-state index contributed by atoms with van der Waals surface area (Å²) in [5, 5.41) is 10.3. The van der Waals surface area contributed by atoms with E-state index in [9.17, 15) is 9.32 Å². The van der Waals surface area contributed by atoms with Crippen LogP contribution in [0.25, 0.3) is 0 Å². The molecule has 0 saturated carbocycles. The van der Waals surface area contributed by atoms with Crippen molar-refractivity contribution in [2.45, 2.75) is 11.1 Å². The maximum atomic E-state index is 11.9. The number of aliphatic hydroxyl groups excluding tert-OH is 1. The van der Waals surface area contributed by atoms with E-state index in [2.05, 4.69) is 4.98 Å². The third-order valence-electron chi connectivity index (χ3n) is 2.40. The second kappa shape index (κ2) is 7.01. The van der Waals surface area contributed by atoms with Crippen LogP contribution in [0.3, 0.4) is 0 Å². The van der Waals surface area contributed by atoms with Crippen LogP contribution in [0, 0.1) is 0 Å². The first-order valence-electron chi connectivity index (χ1n) is 5.91. The van der Waals surface area contributed by atoms with Crippen molar-refractivity contribution in [1.82, 2.24) is 4.98 Å². The number of para-hydroxylation sites is 1. The van der Waals surface area contributed by atoms with E-state index in [0.717, 1.165) is 0 Å². The van der Waals surface area contributed by atoms with Crippen LogP contribution < -0.4 is 4.74 Å². The van der Waals surface area contributed by atoms with E-state index >= 15 is 0 Å². The van der Waals surface area contributed by atoms with Crippen molar-refractivity contribution in [2.75, 3.05) is 12.4 Å². The molecule has 0 amide bonds. The molecule has 19 heavy (non-hydrogen) atoms. The van der Waals surface area contributed by atoms with Crippen molar-refractivity contribution < 1.29 is 14.1 Å². The molecule has 0 aliphatic rings. The highest BCUT2D eigenvalue weighted by atomic mass is 32.2. The van der Waals surface area contributed by atoms with Gasteiger partial charge in [-0.25, -0.2) is 4.98 Å². The minimum atomic E-state index is -1.31. The maximum absolute atomic E-state index is 11.9. The summed E-state index contributed by atoms with van der Waals surface area (Å²) in [6.45, 7) is 0.114. The minimum absolute atomic E-state index is 0.114. The van der Waals surface area contributed by atoms with Gasteiger partial charge in [0.05, 0.1) is 22.7 Å². The van der Waals surface area contributed by atoms with E-state index in [-0.39, 0.29) is 12.4 Å². The van der Waals surface area contributed by atoms with Gasteiger partial charge in [-0.3, -0.25) is 4.21 Å². The zero-order valence-electron chi connectivity index (χ0n) is 10.3. The quantitative estimate of drug-likeness (QED) is 0.872. The van der Waals surface area contributed by atoms with Crippen LogP contribution in [-0.2, 0) is 10.8 Å². The van der Waals surface area contributed by atoms with E-state index in [4.69, 9.17) is 4.74 Å². The van der Waals surface area contributed by atoms with Crippen molar-refractivity contribution >= 4 is 10.8 Å². The molecule has 1 N–H and O–H groups in total. The summed E-state index contributed by atoms with van der Waals surface area (Å²) in [5.74, 6) is 0.800. The van der Waals surface area contributed by atoms with E-state index in [1.807, 2.05) is 30.3 Å². The molecule has 4 nitrogen and oxygen atoms in total. The molecule has 0 spiro atoms. The van der Waals surface area contributed by atoms with Crippen LogP contribution in [0.1, 0.15) is 0 Å². The number of aromatic nitrogens is 1. The molecule has 0 radical (unpaired) electrons. The van der Waals surface area contributed by atoms with Crippen molar-refractivity contribution in [2.24, 2.45) is 0 Å². The molecule has 0 bridgehead atoms. The number of rotatable bonds is 6. The number of hydrogen-bond donors (Lipinski definition) is 1. The Hall–Kier alpha value is -1.72. The molecular formula is C14H15NO3S. The standard InChI is InChI=1S/C14H15NO3S/c16-12(10-18-13-6-2-1-3-7-13)11-19(17)14-8-4-5-9-15-14/h1-9,12,16H,10-11H2. The number of hydrogen-bond acceptors (Lipinski definition) is 4. The SMILES string of the molecule is O=S(CC(O)COc1ccccc1)c1ccccn1. The van der Waals surface area contributed by atoms with E-state index < -0.39 is 16.9 Å². The Labute approximate surface area is 114 Å². The van der Waals surface area contributed by atoms with Crippen LogP contribution in [0.2, 0.25) is 0 Å². The van der Waals surface area contributed by atoms with Crippen molar-refractivity contribution in [1.29, 1.82) is 0 Å². The summed E-state index contributed by atoms with van der Waals surface area (Å²) in [7, 11) is -1.31. The Bertz CT molecular complexity index is 519. The molecule has 1 aromatic carbocycles. The van der Waals surface area contributed by atoms with Gasteiger partial charge in [-0.1, -0.05) is 24.3 Å². The van der Waals surface area contributed by atoms with Gasteiger partial charge in [0.1, 0.15) is 17.4 Å². The lowest BCUT2D eigenvalue weighted by molar-refractivity contribution is 0.125. The van der Waals surface area contributed by atoms with Gasteiger partial charge in [-0.15, -0.1) is 0 Å². The Morgan fingerprint density at radius 2 is 1.89 bits per heavy atom. The summed E-state index contributed by atoms with van der Waals surface area (Å²) in [4.78, 5) is 4.00. The highest BCUT2D eigenvalue weighted by Gasteiger charge is 2.12. The highest BCUT2D eigenvalue weighted by Crippen LogP contribution is 2.09. The van der Waals surface area contributed by atoms with Crippen LogP contribution in [-0.4, -0.2) is 32.8 Å². The topological polar surface area (TPSA) is 59.4 Å². The summed E-state index contributed by atoms with van der Waals surface area (Å²) in [6, 6.07) is 14.4. The monoisotopic (exact) mass is 277 g/mol. The molecule has 1 aromatic heterocycles. The van der Waals surface area contributed by atoms with Crippen molar-refractivity contribution in [3.63, 3.8) is 0 Å². The lowest BCUT2D eigenvalue weighted by Gasteiger charge is -2.11. The maximum Gasteiger partial charge on any atom is 0.127 e. The fraction of sp³-hybridized carbons (Fsp3) is 0.214. The molecule has 2 rings (SSSR count). The van der Waals surface area contributed by atoms with Crippen molar-refractivity contribution in [3.8, 4) is 5.75 Å². The van der Waals surface area contributed by atoms with Gasteiger partial charge in [-0.05, 0) is 24.3 Å². The molecule has 0 fully saturated rings. The number of aliphatic hydroxyl groups is 1. The molecular weight excluding hydrogens is 262 g/mol. The van der Waals surface area contributed by atoms with E-state index in [1.54, 1.807) is 24.4 Å². The van der Waals surface area contributed by atoms with Crippen LogP contribution in [0.15, 0.2) is 59.8 Å². The lowest BCUT2D eigenvalue weighted by Crippen LogP contribution is -2.24. The van der Waals surface area contributed by atoms with E-state index in [1.165, 1.54) is 0 Å². The van der Waals surface area contributed by atoms with Crippen LogP contribution >= 0.6 is 0 Å². The second-order valence-corrected chi connectivity index (χ2v) is 5.40. The number of benzene rings is 1. The van der Waals surface area contributed by atoms with Gasteiger partial charge in [0, 0.05) is 6.20 Å². The molecule has 2 unspecified atom stereocenters. The zero-order chi connectivity index (χ0) is 13.5. The van der Waals surface area contributed by atoms with Gasteiger partial charge in [0.2, 0.25) is 0 Å². The Kier molecular flexibility index (Phi) is 5.06. The molecule has 0 aliphatic carbocycles. The first kappa shape index (κ1) is 13.7. The Morgan fingerprint density at radius 3 is 2.58 bits per heavy atom. The van der Waals surface area contributed by atoms with Crippen molar-refractivity contribution in [3.05, 3.63) is 54.7 Å². The molecule has 0 saturated heterocycles. The first-order valence-corrected chi connectivity index (χ1v) is 7.23. The normalized spacial score (nSPS) is 13.7. The predicted octanol–water partition coefficient (Wildman–Crippen LogP) is 1.63. The predicted molar refractivity (Wildman–Crippen MR) is 73.5 cm³/mol. The summed E-state index contributed by atoms with van der Waals surface area (Å²) in [5.41, 5.74) is 0. The summed E-state index contributed by atoms with van der Waals surface area (Å²) < 4.78 is 17.3. The molecule has 1 heterocycles. The van der Waals surface area contributed by atoms with Crippen LogP contribution in [0.4, 0.5) is 0 Å². The molecule has 100 valence electrons. The molecule has 5 heteroatoms. The number of pyridine rings is 1. The zero-order valence-corrected chi connectivity index (χ0v) is 11.1. The average Bonchev–Trinajstić information content (AvgIpc) is 2.47. The molecule has 2 aromatic rings. The highest BCUT2D eigenvalue weighted by molar-refractivity contribution is 7.85. The average molecular weight is 277 g/mol. The van der Waals surface area contributed by atoms with Crippen LogP contribution in [0.5, 0.6) is 5.75 Å². The van der Waals surface area contributed by atoms with Gasteiger partial charge >= 0.3 is 0 Å². The van der Waals surface area contributed by atoms with Gasteiger partial charge in [0.25, 0.3) is 0 Å². The van der Waals surface area contributed by atoms with Gasteiger partial charge in [-0.2, -0.15) is 0 Å².